The SMILES string of the molecule is Cl.Cn1c([C@H]2CCC[C@@H](NC(=O)c3ccc4c(c3)OCCO4)C2)nc2ccccc21. The fraction of sp³-hybridized carbons (Fsp3) is 0.391. The average Bonchev–Trinajstić information content (AvgIpc) is 3.10. The number of amides is 1. The summed E-state index contributed by atoms with van der Waals surface area (Å²) in [5.74, 6) is 2.76. The Bertz CT molecular complexity index is 1070. The molecule has 0 spiro atoms. The molecule has 1 N–H and O–H groups in total. The molecule has 6 nitrogen and oxygen atoms in total. The molecule has 1 saturated carbocycles. The molecule has 158 valence electrons. The van der Waals surface area contributed by atoms with Crippen molar-refractivity contribution >= 4 is 29.3 Å². The molecule has 30 heavy (non-hydrogen) atoms. The highest BCUT2D eigenvalue weighted by molar-refractivity contribution is 5.95. The first kappa shape index (κ1) is 20.5. The van der Waals surface area contributed by atoms with Gasteiger partial charge >= 0.3 is 0 Å². The minimum atomic E-state index is -0.0578. The van der Waals surface area contributed by atoms with E-state index in [2.05, 4.69) is 29.1 Å². The third-order valence-corrected chi connectivity index (χ3v) is 6.00. The fourth-order valence-corrected chi connectivity index (χ4v) is 4.54. The summed E-state index contributed by atoms with van der Waals surface area (Å²) in [6.45, 7) is 1.06. The summed E-state index contributed by atoms with van der Waals surface area (Å²) in [4.78, 5) is 17.7. The average molecular weight is 428 g/mol. The second kappa shape index (κ2) is 8.56. The number of rotatable bonds is 3. The van der Waals surface area contributed by atoms with Gasteiger partial charge in [0.25, 0.3) is 5.91 Å². The van der Waals surface area contributed by atoms with Gasteiger partial charge in [0.15, 0.2) is 11.5 Å². The van der Waals surface area contributed by atoms with Crippen molar-refractivity contribution < 1.29 is 14.3 Å². The van der Waals surface area contributed by atoms with Gasteiger partial charge in [-0.1, -0.05) is 18.6 Å². The number of benzene rings is 2. The van der Waals surface area contributed by atoms with E-state index in [0.29, 0.717) is 36.2 Å². The Labute approximate surface area is 182 Å². The monoisotopic (exact) mass is 427 g/mol. The van der Waals surface area contributed by atoms with Gasteiger partial charge in [0.05, 0.1) is 11.0 Å². The van der Waals surface area contributed by atoms with Crippen LogP contribution >= 0.6 is 12.4 Å². The van der Waals surface area contributed by atoms with Crippen LogP contribution in [0.5, 0.6) is 11.5 Å². The summed E-state index contributed by atoms with van der Waals surface area (Å²) >= 11 is 0. The van der Waals surface area contributed by atoms with Gasteiger partial charge in [0.2, 0.25) is 0 Å². The van der Waals surface area contributed by atoms with Gasteiger partial charge in [-0.15, -0.1) is 12.4 Å². The van der Waals surface area contributed by atoms with E-state index < -0.39 is 0 Å². The molecule has 1 fully saturated rings. The normalized spacial score (nSPS) is 20.4. The van der Waals surface area contributed by atoms with E-state index in [9.17, 15) is 4.79 Å². The van der Waals surface area contributed by atoms with Crippen LogP contribution in [0.4, 0.5) is 0 Å². The van der Waals surface area contributed by atoms with E-state index in [4.69, 9.17) is 14.5 Å². The van der Waals surface area contributed by atoms with Crippen molar-refractivity contribution in [2.24, 2.45) is 7.05 Å². The Kier molecular flexibility index (Phi) is 5.86. The van der Waals surface area contributed by atoms with E-state index >= 15 is 0 Å². The van der Waals surface area contributed by atoms with Gasteiger partial charge in [0, 0.05) is 24.6 Å². The lowest BCUT2D eigenvalue weighted by Gasteiger charge is -2.29. The van der Waals surface area contributed by atoms with Crippen LogP contribution in [0.2, 0.25) is 0 Å². The van der Waals surface area contributed by atoms with Crippen molar-refractivity contribution in [3.8, 4) is 11.5 Å². The van der Waals surface area contributed by atoms with E-state index in [-0.39, 0.29) is 24.4 Å². The summed E-state index contributed by atoms with van der Waals surface area (Å²) < 4.78 is 13.3. The van der Waals surface area contributed by atoms with Gasteiger partial charge in [-0.25, -0.2) is 4.98 Å². The smallest absolute Gasteiger partial charge is 0.251 e. The summed E-state index contributed by atoms with van der Waals surface area (Å²) in [5.41, 5.74) is 2.80. The van der Waals surface area contributed by atoms with Gasteiger partial charge in [-0.2, -0.15) is 0 Å². The number of ether oxygens (including phenoxy) is 2. The molecular formula is C23H26ClN3O3. The molecule has 2 aliphatic rings. The lowest BCUT2D eigenvalue weighted by molar-refractivity contribution is 0.0923. The third-order valence-electron chi connectivity index (χ3n) is 6.00. The van der Waals surface area contributed by atoms with Crippen molar-refractivity contribution in [2.45, 2.75) is 37.6 Å². The fourth-order valence-electron chi connectivity index (χ4n) is 4.54. The molecule has 7 heteroatoms. The second-order valence-corrected chi connectivity index (χ2v) is 7.91. The van der Waals surface area contributed by atoms with Crippen molar-refractivity contribution in [2.75, 3.05) is 13.2 Å². The van der Waals surface area contributed by atoms with Crippen LogP contribution in [0.3, 0.4) is 0 Å². The Hall–Kier alpha value is -2.73. The number of aryl methyl sites for hydroxylation is 1. The standard InChI is InChI=1S/C23H25N3O3.ClH/c1-26-19-8-3-2-7-18(19)25-22(26)15-5-4-6-17(13-15)24-23(27)16-9-10-20-21(14-16)29-12-11-28-20;/h2-3,7-10,14-15,17H,4-6,11-13H2,1H3,(H,24,27);1H/t15-,17+;/m0./s1. The van der Waals surface area contributed by atoms with E-state index in [1.807, 2.05) is 18.2 Å². The van der Waals surface area contributed by atoms with Crippen molar-refractivity contribution in [1.29, 1.82) is 0 Å². The molecule has 2 heterocycles. The maximum absolute atomic E-state index is 12.8. The Balaban J connectivity index is 0.00000218. The van der Waals surface area contributed by atoms with Crippen molar-refractivity contribution in [3.63, 3.8) is 0 Å². The number of nitrogens with one attached hydrogen (secondary N) is 1. The van der Waals surface area contributed by atoms with Crippen LogP contribution in [-0.2, 0) is 7.05 Å². The van der Waals surface area contributed by atoms with Gasteiger partial charge < -0.3 is 19.4 Å². The number of carbonyl (C=O) groups excluding carboxylic acids is 1. The molecule has 0 radical (unpaired) electrons. The summed E-state index contributed by atoms with van der Waals surface area (Å²) in [6, 6.07) is 13.8. The minimum Gasteiger partial charge on any atom is -0.486 e. The molecule has 0 saturated heterocycles. The number of imidazole rings is 1. The predicted molar refractivity (Wildman–Crippen MR) is 118 cm³/mol. The lowest BCUT2D eigenvalue weighted by atomic mass is 9.85. The number of hydrogen-bond acceptors (Lipinski definition) is 4. The Morgan fingerprint density at radius 2 is 1.90 bits per heavy atom. The maximum Gasteiger partial charge on any atom is 0.251 e. The zero-order valence-electron chi connectivity index (χ0n) is 17.0. The number of carbonyl (C=O) groups is 1. The number of hydrogen-bond donors (Lipinski definition) is 1. The molecule has 2 atom stereocenters. The summed E-state index contributed by atoms with van der Waals surface area (Å²) in [5, 5.41) is 3.22. The molecule has 3 aromatic rings. The van der Waals surface area contributed by atoms with E-state index in [1.165, 1.54) is 0 Å². The zero-order valence-corrected chi connectivity index (χ0v) is 17.8. The Morgan fingerprint density at radius 1 is 1.10 bits per heavy atom. The number of para-hydroxylation sites is 2. The first-order chi connectivity index (χ1) is 14.2. The molecule has 1 aromatic heterocycles. The predicted octanol–water partition coefficient (Wildman–Crippen LogP) is 4.22. The topological polar surface area (TPSA) is 65.4 Å². The zero-order chi connectivity index (χ0) is 19.8. The molecule has 2 aromatic carbocycles. The van der Waals surface area contributed by atoms with Crippen LogP contribution in [0.25, 0.3) is 11.0 Å². The first-order valence-corrected chi connectivity index (χ1v) is 10.3. The van der Waals surface area contributed by atoms with E-state index in [0.717, 1.165) is 42.5 Å². The molecule has 1 aliphatic heterocycles. The van der Waals surface area contributed by atoms with Gasteiger partial charge in [0.1, 0.15) is 19.0 Å². The number of nitrogens with zero attached hydrogens (tertiary/aromatic N) is 2. The second-order valence-electron chi connectivity index (χ2n) is 7.91. The van der Waals surface area contributed by atoms with Gasteiger partial charge in [-0.3, -0.25) is 4.79 Å². The van der Waals surface area contributed by atoms with Gasteiger partial charge in [-0.05, 0) is 49.6 Å². The van der Waals surface area contributed by atoms with Crippen LogP contribution in [0.15, 0.2) is 42.5 Å². The highest BCUT2D eigenvalue weighted by Crippen LogP contribution is 2.34. The highest BCUT2D eigenvalue weighted by Gasteiger charge is 2.28. The van der Waals surface area contributed by atoms with E-state index in [1.54, 1.807) is 12.1 Å². The molecule has 1 amide bonds. The highest BCUT2D eigenvalue weighted by atomic mass is 35.5. The molecular weight excluding hydrogens is 402 g/mol. The lowest BCUT2D eigenvalue weighted by Crippen LogP contribution is -2.38. The quantitative estimate of drug-likeness (QED) is 0.679. The van der Waals surface area contributed by atoms with Crippen LogP contribution in [0.1, 0.15) is 47.8 Å². The van der Waals surface area contributed by atoms with Crippen molar-refractivity contribution in [1.82, 2.24) is 14.9 Å². The molecule has 1 aliphatic carbocycles. The molecule has 0 unspecified atom stereocenters. The van der Waals surface area contributed by atoms with Crippen LogP contribution in [-0.4, -0.2) is 34.7 Å². The molecule has 5 rings (SSSR count). The number of halogens is 1. The molecule has 0 bridgehead atoms. The summed E-state index contributed by atoms with van der Waals surface area (Å²) in [7, 11) is 2.09. The van der Waals surface area contributed by atoms with Crippen LogP contribution in [0, 0.1) is 0 Å². The van der Waals surface area contributed by atoms with Crippen molar-refractivity contribution in [3.05, 3.63) is 53.9 Å². The number of fused-ring (bicyclic) bond motifs is 2. The summed E-state index contributed by atoms with van der Waals surface area (Å²) in [6.07, 6.45) is 4.09. The minimum absolute atomic E-state index is 0. The Morgan fingerprint density at radius 3 is 2.73 bits per heavy atom. The number of aromatic nitrogens is 2. The maximum atomic E-state index is 12.8. The largest absolute Gasteiger partial charge is 0.486 e. The van der Waals surface area contributed by atoms with Crippen LogP contribution < -0.4 is 14.8 Å². The first-order valence-electron chi connectivity index (χ1n) is 10.3. The third kappa shape index (κ3) is 3.84.